The maximum Gasteiger partial charge on any atom is 0.573 e. The fourth-order valence-electron chi connectivity index (χ4n) is 3.26. The minimum absolute atomic E-state index is 0.0318. The quantitative estimate of drug-likeness (QED) is 0.306. The van der Waals surface area contributed by atoms with E-state index >= 15 is 0 Å². The van der Waals surface area contributed by atoms with Gasteiger partial charge < -0.3 is 14.4 Å². The van der Waals surface area contributed by atoms with E-state index in [9.17, 15) is 21.9 Å². The number of imidazole rings is 1. The van der Waals surface area contributed by atoms with E-state index in [-0.39, 0.29) is 35.8 Å². The molecule has 0 fully saturated rings. The topological polar surface area (TPSA) is 56.6 Å². The van der Waals surface area contributed by atoms with Crippen molar-refractivity contribution in [3.05, 3.63) is 41.3 Å². The zero-order valence-corrected chi connectivity index (χ0v) is 20.1. The molecule has 0 aliphatic heterocycles. The Balaban J connectivity index is 2.59. The molecule has 0 N–H and O–H groups in total. The maximum atomic E-state index is 13.8. The fourth-order valence-corrected chi connectivity index (χ4v) is 4.29. The maximum absolute atomic E-state index is 13.8. The highest BCUT2D eigenvalue weighted by Gasteiger charge is 2.34. The van der Waals surface area contributed by atoms with Crippen molar-refractivity contribution in [2.45, 2.75) is 64.2 Å². The molecule has 0 saturated heterocycles. The Morgan fingerprint density at radius 1 is 1.19 bits per heavy atom. The highest BCUT2D eigenvalue weighted by molar-refractivity contribution is 7.98. The van der Waals surface area contributed by atoms with Crippen LogP contribution in [0.2, 0.25) is 0 Å². The Kier molecular flexibility index (Phi) is 8.74. The van der Waals surface area contributed by atoms with Gasteiger partial charge in [-0.05, 0) is 53.0 Å². The molecular weight excluding hydrogens is 470 g/mol. The van der Waals surface area contributed by atoms with E-state index in [0.29, 0.717) is 10.7 Å². The highest BCUT2D eigenvalue weighted by Crippen LogP contribution is 2.36. The minimum Gasteiger partial charge on any atom is -0.433 e. The Morgan fingerprint density at radius 2 is 1.81 bits per heavy atom. The minimum atomic E-state index is -4.90. The Hall–Kier alpha value is -2.08. The van der Waals surface area contributed by atoms with Crippen LogP contribution in [0.15, 0.2) is 29.3 Å². The third-order valence-electron chi connectivity index (χ3n) is 4.47. The van der Waals surface area contributed by atoms with Crippen LogP contribution in [-0.4, -0.2) is 44.7 Å². The largest absolute Gasteiger partial charge is 0.573 e. The molecule has 1 aromatic carbocycles. The Labute approximate surface area is 193 Å². The summed E-state index contributed by atoms with van der Waals surface area (Å²) >= 11 is 1.14. The second kappa shape index (κ2) is 10.7. The molecule has 1 amide bonds. The molecule has 32 heavy (non-hydrogen) atoms. The summed E-state index contributed by atoms with van der Waals surface area (Å²) < 4.78 is 62.9. The van der Waals surface area contributed by atoms with Crippen molar-refractivity contribution >= 4 is 30.2 Å². The van der Waals surface area contributed by atoms with Crippen LogP contribution in [-0.2, 0) is 4.74 Å². The summed E-state index contributed by atoms with van der Waals surface area (Å²) in [5.74, 6) is -0.460. The summed E-state index contributed by atoms with van der Waals surface area (Å²) in [5.41, 5.74) is 0.633. The fraction of sp³-hybridized carbons (Fsp3) is 0.500. The lowest BCUT2D eigenvalue weighted by molar-refractivity contribution is -0.274. The molecule has 0 bridgehead atoms. The average molecular weight is 496 g/mol. The van der Waals surface area contributed by atoms with Gasteiger partial charge in [-0.2, -0.15) is 0 Å². The van der Waals surface area contributed by atoms with Crippen molar-refractivity contribution in [2.75, 3.05) is 6.26 Å². The summed E-state index contributed by atoms with van der Waals surface area (Å²) in [4.78, 5) is 18.9. The van der Waals surface area contributed by atoms with Gasteiger partial charge in [0, 0.05) is 17.6 Å². The highest BCUT2D eigenvalue weighted by atomic mass is 32.2. The monoisotopic (exact) mass is 495 g/mol. The first kappa shape index (κ1) is 26.2. The molecule has 2 aromatic rings. The summed E-state index contributed by atoms with van der Waals surface area (Å²) in [7, 11) is 0. The van der Waals surface area contributed by atoms with Crippen LogP contribution in [0, 0.1) is 6.92 Å². The zero-order valence-electron chi connectivity index (χ0n) is 18.4. The number of nitrogens with zero attached hydrogens (tertiary/aromatic N) is 3. The molecular formula is C20H25F4N3O3S2. The number of benzene rings is 1. The van der Waals surface area contributed by atoms with Gasteiger partial charge in [-0.3, -0.25) is 0 Å². The number of ether oxygens (including phenoxy) is 2. The van der Waals surface area contributed by atoms with Crippen LogP contribution >= 0.6 is 24.1 Å². The predicted molar refractivity (Wildman–Crippen MR) is 116 cm³/mol. The van der Waals surface area contributed by atoms with Gasteiger partial charge >= 0.3 is 12.5 Å². The van der Waals surface area contributed by atoms with Crippen LogP contribution in [0.25, 0.3) is 0 Å². The molecule has 12 heteroatoms. The zero-order chi connectivity index (χ0) is 24.2. The van der Waals surface area contributed by atoms with Crippen LogP contribution in [0.3, 0.4) is 0 Å². The van der Waals surface area contributed by atoms with E-state index < -0.39 is 24.3 Å². The third kappa shape index (κ3) is 6.25. The number of rotatable bonds is 8. The van der Waals surface area contributed by atoms with E-state index in [1.807, 2.05) is 27.7 Å². The van der Waals surface area contributed by atoms with Gasteiger partial charge in [0.25, 0.3) is 0 Å². The van der Waals surface area contributed by atoms with E-state index in [0.717, 1.165) is 16.1 Å². The number of amides is 1. The van der Waals surface area contributed by atoms with E-state index in [1.165, 1.54) is 28.8 Å². The van der Waals surface area contributed by atoms with Crippen molar-refractivity contribution in [1.29, 1.82) is 0 Å². The Morgan fingerprint density at radius 3 is 2.31 bits per heavy atom. The van der Waals surface area contributed by atoms with Crippen LogP contribution in [0.1, 0.15) is 50.9 Å². The summed E-state index contributed by atoms with van der Waals surface area (Å²) in [6, 6.07) is 4.60. The molecule has 178 valence electrons. The van der Waals surface area contributed by atoms with Gasteiger partial charge in [-0.1, -0.05) is 12.1 Å². The standard InChI is InChI=1S/C20H25F4N3O3S2/c1-11(2)26(12(3)4)19(28)29-16(17-25-18(31-6)13(5)27(17)32-24)14-8-7-9-15(10-14)30-20(21,22)23/h7-12,16H,1-6H3. The SMILES string of the molecule is CSc1nc(C(OC(=O)N(C(C)C)C(C)C)c2cccc(OC(F)(F)F)c2)n(SF)c1C. The van der Waals surface area contributed by atoms with Gasteiger partial charge in [0.2, 0.25) is 0 Å². The normalized spacial score (nSPS) is 12.9. The number of alkyl halides is 3. The van der Waals surface area contributed by atoms with Crippen molar-refractivity contribution in [3.8, 4) is 5.75 Å². The lowest BCUT2D eigenvalue weighted by Crippen LogP contribution is -2.43. The molecule has 1 atom stereocenters. The third-order valence-corrected chi connectivity index (χ3v) is 5.84. The molecule has 6 nitrogen and oxygen atoms in total. The first-order chi connectivity index (χ1) is 14.9. The number of thioether (sulfide) groups is 1. The van der Waals surface area contributed by atoms with Crippen molar-refractivity contribution in [2.24, 2.45) is 0 Å². The Bertz CT molecular complexity index is 927. The van der Waals surface area contributed by atoms with Gasteiger partial charge in [0.15, 0.2) is 24.3 Å². The molecule has 0 spiro atoms. The number of halogens is 4. The second-order valence-electron chi connectivity index (χ2n) is 7.41. The number of carbonyl (C=O) groups is 1. The smallest absolute Gasteiger partial charge is 0.433 e. The predicted octanol–water partition coefficient (Wildman–Crippen LogP) is 6.54. The van der Waals surface area contributed by atoms with Crippen LogP contribution in [0.4, 0.5) is 21.9 Å². The van der Waals surface area contributed by atoms with Gasteiger partial charge in [0.1, 0.15) is 10.8 Å². The van der Waals surface area contributed by atoms with Crippen LogP contribution < -0.4 is 4.74 Å². The average Bonchev–Trinajstić information content (AvgIpc) is 2.99. The lowest BCUT2D eigenvalue weighted by Gasteiger charge is -2.31. The van der Waals surface area contributed by atoms with Gasteiger partial charge in [0.05, 0.1) is 5.69 Å². The summed E-state index contributed by atoms with van der Waals surface area (Å²) in [5, 5.41) is 0.499. The van der Waals surface area contributed by atoms with E-state index in [1.54, 1.807) is 13.2 Å². The van der Waals surface area contributed by atoms with E-state index in [4.69, 9.17) is 4.74 Å². The molecule has 1 heterocycles. The molecule has 0 aliphatic carbocycles. The number of aromatic nitrogens is 2. The summed E-state index contributed by atoms with van der Waals surface area (Å²) in [6.45, 7) is 8.88. The summed E-state index contributed by atoms with van der Waals surface area (Å²) in [6.07, 6.45) is -5.12. The van der Waals surface area contributed by atoms with Crippen LogP contribution in [0.5, 0.6) is 5.75 Å². The van der Waals surface area contributed by atoms with E-state index in [2.05, 4.69) is 9.72 Å². The molecule has 0 saturated carbocycles. The molecule has 1 unspecified atom stereocenters. The van der Waals surface area contributed by atoms with Gasteiger partial charge in [-0.25, -0.2) is 13.8 Å². The molecule has 0 aliphatic rings. The molecule has 1 aromatic heterocycles. The first-order valence-corrected chi connectivity index (χ1v) is 11.6. The first-order valence-electron chi connectivity index (χ1n) is 9.66. The second-order valence-corrected chi connectivity index (χ2v) is 8.71. The van der Waals surface area contributed by atoms with Gasteiger partial charge in [-0.15, -0.1) is 28.8 Å². The van der Waals surface area contributed by atoms with Crippen molar-refractivity contribution in [1.82, 2.24) is 13.9 Å². The molecule has 0 radical (unpaired) electrons. The van der Waals surface area contributed by atoms with Crippen molar-refractivity contribution in [3.63, 3.8) is 0 Å². The molecule has 2 rings (SSSR count). The van der Waals surface area contributed by atoms with Crippen molar-refractivity contribution < 1.29 is 31.3 Å². The number of carbonyl (C=O) groups excluding carboxylic acids is 1. The number of hydrogen-bond donors (Lipinski definition) is 0. The number of hydrogen-bond acceptors (Lipinski definition) is 6. The lowest BCUT2D eigenvalue weighted by atomic mass is 10.1.